The number of hydrogen-bond donors (Lipinski definition) is 4. The topological polar surface area (TPSA) is 124 Å². The molecule has 0 aromatic heterocycles. The average Bonchev–Trinajstić information content (AvgIpc) is 1.14. The summed E-state index contributed by atoms with van der Waals surface area (Å²) in [5.74, 6) is 0. The van der Waals surface area contributed by atoms with Crippen molar-refractivity contribution in [1.82, 2.24) is 0 Å². The van der Waals surface area contributed by atoms with Crippen LogP contribution in [-0.2, 0) is 47.6 Å². The molecule has 0 amide bonds. The standard InChI is InChI=1S/2Li.2Mn.H4O7P2.2H/c;;;;1-8(2,3)7-9(4,5)6;;/h;;;;(H2,1,2,3)(H2,4,5,6);;. The van der Waals surface area contributed by atoms with Crippen molar-refractivity contribution in [3.63, 3.8) is 0 Å². The van der Waals surface area contributed by atoms with Crippen LogP contribution in [0.1, 0.15) is 0 Å². The number of phosphoric acid groups is 2. The van der Waals surface area contributed by atoms with Crippen LogP contribution in [0.3, 0.4) is 0 Å². The maximum absolute atomic E-state index is 9.63. The first-order valence-corrected chi connectivity index (χ1v) is 4.59. The molecule has 0 fully saturated rings. The molecule has 0 aromatic rings. The van der Waals surface area contributed by atoms with Gasteiger partial charge in [-0.2, -0.15) is 4.31 Å². The van der Waals surface area contributed by atoms with E-state index in [9.17, 15) is 9.13 Å². The molecule has 13 heteroatoms. The van der Waals surface area contributed by atoms with Gasteiger partial charge in [-0.05, 0) is 0 Å². The molecule has 0 aromatic carbocycles. The third-order valence-electron chi connectivity index (χ3n) is 0.213. The normalized spacial score (nSPS) is 9.54. The van der Waals surface area contributed by atoms with E-state index in [4.69, 9.17) is 19.6 Å². The molecular weight excluding hydrogens is 298 g/mol. The molecule has 74 valence electrons. The third kappa shape index (κ3) is 31.4. The summed E-state index contributed by atoms with van der Waals surface area (Å²) in [7, 11) is -10.1. The van der Waals surface area contributed by atoms with Gasteiger partial charge in [0.1, 0.15) is 0 Å². The van der Waals surface area contributed by atoms with Crippen molar-refractivity contribution in [3.8, 4) is 0 Å². The minimum absolute atomic E-state index is 0. The molecule has 0 spiro atoms. The minimum atomic E-state index is -5.05. The fourth-order valence-corrected chi connectivity index (χ4v) is 1.25. The van der Waals surface area contributed by atoms with Gasteiger partial charge < -0.3 is 19.6 Å². The molecule has 0 saturated heterocycles. The van der Waals surface area contributed by atoms with Crippen molar-refractivity contribution in [3.05, 3.63) is 0 Å². The molecule has 0 saturated carbocycles. The molecular formula is H6Li2Mn2O7P2. The van der Waals surface area contributed by atoms with Crippen LogP contribution >= 0.6 is 15.6 Å². The summed E-state index contributed by atoms with van der Waals surface area (Å²) in [5.41, 5.74) is 0. The summed E-state index contributed by atoms with van der Waals surface area (Å²) >= 11 is 0. The molecule has 0 unspecified atom stereocenters. The van der Waals surface area contributed by atoms with Crippen LogP contribution in [-0.4, -0.2) is 57.3 Å². The van der Waals surface area contributed by atoms with Gasteiger partial charge >= 0.3 is 53.4 Å². The van der Waals surface area contributed by atoms with Gasteiger partial charge in [0.05, 0.1) is 0 Å². The Morgan fingerprint density at radius 1 is 0.769 bits per heavy atom. The summed E-state index contributed by atoms with van der Waals surface area (Å²) in [5, 5.41) is 0. The first-order chi connectivity index (χ1) is 3.71. The first-order valence-electron chi connectivity index (χ1n) is 1.53. The van der Waals surface area contributed by atoms with Crippen molar-refractivity contribution in [2.75, 3.05) is 0 Å². The van der Waals surface area contributed by atoms with E-state index in [1.165, 1.54) is 0 Å². The second-order valence-electron chi connectivity index (χ2n) is 1.06. The molecule has 0 bridgehead atoms. The zero-order valence-corrected chi connectivity index (χ0v) is 8.81. The average molecular weight is 304 g/mol. The maximum Gasteiger partial charge on any atom is 0 e. The van der Waals surface area contributed by atoms with Gasteiger partial charge in [0, 0.05) is 34.1 Å². The van der Waals surface area contributed by atoms with Crippen LogP contribution in [0.25, 0.3) is 0 Å². The fourth-order valence-electron chi connectivity index (χ4n) is 0.139. The quantitative estimate of drug-likeness (QED) is 0.340. The smallest absolute Gasteiger partial charge is 0 e. The van der Waals surface area contributed by atoms with Crippen LogP contribution in [0.15, 0.2) is 0 Å². The molecule has 13 heavy (non-hydrogen) atoms. The van der Waals surface area contributed by atoms with Crippen LogP contribution in [0.2, 0.25) is 0 Å². The molecule has 0 atom stereocenters. The second-order valence-corrected chi connectivity index (χ2v) is 3.68. The molecule has 0 aliphatic rings. The molecule has 0 aliphatic carbocycles. The van der Waals surface area contributed by atoms with Gasteiger partial charge in [-0.15, -0.1) is 0 Å². The largest absolute Gasteiger partial charge is 0 e. The van der Waals surface area contributed by atoms with Crippen LogP contribution in [0.5, 0.6) is 0 Å². The predicted molar refractivity (Wildman–Crippen MR) is 39.5 cm³/mol. The third-order valence-corrected chi connectivity index (χ3v) is 1.91. The van der Waals surface area contributed by atoms with Gasteiger partial charge in [0.25, 0.3) is 0 Å². The van der Waals surface area contributed by atoms with E-state index in [0.717, 1.165) is 0 Å². The number of hydrogen-bond acceptors (Lipinski definition) is 3. The Labute approximate surface area is 120 Å². The van der Waals surface area contributed by atoms with Gasteiger partial charge in [0.2, 0.25) is 0 Å². The van der Waals surface area contributed by atoms with E-state index in [0.29, 0.717) is 0 Å². The summed E-state index contributed by atoms with van der Waals surface area (Å²) in [6.07, 6.45) is 0. The summed E-state index contributed by atoms with van der Waals surface area (Å²) in [6, 6.07) is 0. The number of rotatable bonds is 2. The van der Waals surface area contributed by atoms with Crippen molar-refractivity contribution in [1.29, 1.82) is 0 Å². The SMILES string of the molecule is O=P(O)(O)OP(=O)(O)O.[LiH].[LiH].[Mn].[Mn]. The Balaban J connectivity index is -0.0000000533. The van der Waals surface area contributed by atoms with Crippen LogP contribution in [0, 0.1) is 0 Å². The molecule has 0 rings (SSSR count). The second kappa shape index (κ2) is 11.0. The zero-order chi connectivity index (χ0) is 7.71. The Morgan fingerprint density at radius 3 is 0.923 bits per heavy atom. The van der Waals surface area contributed by atoms with E-state index in [1.54, 1.807) is 0 Å². The van der Waals surface area contributed by atoms with Crippen molar-refractivity contribution in [2.24, 2.45) is 0 Å². The summed E-state index contributed by atoms with van der Waals surface area (Å²) < 4.78 is 22.2. The van der Waals surface area contributed by atoms with Gasteiger partial charge in [-0.25, -0.2) is 9.13 Å². The van der Waals surface area contributed by atoms with Gasteiger partial charge in [-0.1, -0.05) is 0 Å². The zero-order valence-electron chi connectivity index (χ0n) is 4.66. The van der Waals surface area contributed by atoms with E-state index in [1.807, 2.05) is 0 Å². The minimum Gasteiger partial charge on any atom is 0 e. The Hall–Kier alpha value is 2.49. The first kappa shape index (κ1) is 29.6. The Bertz CT molecular complexity index is 163. The molecule has 0 aliphatic heterocycles. The fraction of sp³-hybridized carbons (Fsp3) is 0. The van der Waals surface area contributed by atoms with E-state index in [2.05, 4.69) is 4.31 Å². The van der Waals surface area contributed by atoms with Crippen molar-refractivity contribution < 1.29 is 67.2 Å². The molecule has 0 heterocycles. The maximum atomic E-state index is 9.63. The molecule has 7 nitrogen and oxygen atoms in total. The Kier molecular flexibility index (Phi) is 25.0. The van der Waals surface area contributed by atoms with Gasteiger partial charge in [0.15, 0.2) is 0 Å². The van der Waals surface area contributed by atoms with E-state index < -0.39 is 15.6 Å². The summed E-state index contributed by atoms with van der Waals surface area (Å²) in [6.45, 7) is 0. The monoisotopic (exact) mass is 304 g/mol. The molecule has 2 radical (unpaired) electrons. The van der Waals surface area contributed by atoms with Gasteiger partial charge in [-0.3, -0.25) is 0 Å². The Morgan fingerprint density at radius 2 is 0.923 bits per heavy atom. The van der Waals surface area contributed by atoms with Crippen LogP contribution in [0.4, 0.5) is 0 Å². The summed E-state index contributed by atoms with van der Waals surface area (Å²) in [4.78, 5) is 31.0. The van der Waals surface area contributed by atoms with Crippen molar-refractivity contribution in [2.45, 2.75) is 0 Å². The van der Waals surface area contributed by atoms with E-state index in [-0.39, 0.29) is 71.9 Å². The van der Waals surface area contributed by atoms with Crippen molar-refractivity contribution >= 4 is 53.4 Å². The predicted octanol–water partition coefficient (Wildman–Crippen LogP) is -2.11. The molecule has 4 N–H and O–H groups in total. The van der Waals surface area contributed by atoms with E-state index >= 15 is 0 Å². The van der Waals surface area contributed by atoms with Crippen LogP contribution < -0.4 is 0 Å².